The molecule has 1 N–H and O–H groups in total. The summed E-state index contributed by atoms with van der Waals surface area (Å²) in [5, 5.41) is 8.73. The number of benzene rings is 3. The van der Waals surface area contributed by atoms with Crippen LogP contribution in [0.25, 0.3) is 17.0 Å². The molecule has 0 radical (unpaired) electrons. The Balaban J connectivity index is 1.65. The number of nitrogens with one attached hydrogen (secondary N) is 1. The van der Waals surface area contributed by atoms with Crippen LogP contribution in [0, 0.1) is 12.7 Å². The monoisotopic (exact) mass is 490 g/mol. The molecule has 0 saturated carbocycles. The molecule has 1 atom stereocenters. The minimum atomic E-state index is -0.367. The molecule has 5 rings (SSSR count). The number of allylic oxidation sites excluding steroid dienone is 1. The highest BCUT2D eigenvalue weighted by Gasteiger charge is 2.34. The molecule has 0 bridgehead atoms. The molecular formula is C26H20ClFN4OS. The van der Waals surface area contributed by atoms with E-state index >= 15 is 0 Å². The summed E-state index contributed by atoms with van der Waals surface area (Å²) in [6.07, 6.45) is 0. The van der Waals surface area contributed by atoms with Crippen LogP contribution < -0.4 is 10.2 Å². The lowest BCUT2D eigenvalue weighted by atomic mass is 9.94. The SMILES string of the molecule is CC1=C(c2nc(-c3cccc(F)c3)no2)C(c2ccc(Cl)cc2)NC(=S)N1c1ccc(C)cc1. The lowest BCUT2D eigenvalue weighted by Gasteiger charge is -2.37. The maximum absolute atomic E-state index is 13.8. The van der Waals surface area contributed by atoms with Crippen LogP contribution in [0.2, 0.25) is 5.02 Å². The van der Waals surface area contributed by atoms with Gasteiger partial charge in [0, 0.05) is 22.0 Å². The molecule has 1 aliphatic heterocycles. The van der Waals surface area contributed by atoms with Crippen molar-refractivity contribution in [1.82, 2.24) is 15.5 Å². The summed E-state index contributed by atoms with van der Waals surface area (Å²) in [7, 11) is 0. The maximum atomic E-state index is 13.8. The molecule has 0 fully saturated rings. The molecule has 5 nitrogen and oxygen atoms in total. The third-order valence-electron chi connectivity index (χ3n) is 5.72. The van der Waals surface area contributed by atoms with Gasteiger partial charge < -0.3 is 9.84 Å². The van der Waals surface area contributed by atoms with Gasteiger partial charge in [0.15, 0.2) is 5.11 Å². The predicted molar refractivity (Wildman–Crippen MR) is 136 cm³/mol. The van der Waals surface area contributed by atoms with Gasteiger partial charge in [-0.15, -0.1) is 0 Å². The Morgan fingerprint density at radius 3 is 2.47 bits per heavy atom. The Morgan fingerprint density at radius 2 is 1.76 bits per heavy atom. The first-order chi connectivity index (χ1) is 16.4. The third kappa shape index (κ3) is 4.20. The molecule has 8 heteroatoms. The van der Waals surface area contributed by atoms with E-state index in [9.17, 15) is 4.39 Å². The van der Waals surface area contributed by atoms with Crippen molar-refractivity contribution >= 4 is 40.2 Å². The van der Waals surface area contributed by atoms with E-state index in [0.29, 0.717) is 27.4 Å². The number of hydrogen-bond acceptors (Lipinski definition) is 4. The zero-order valence-corrected chi connectivity index (χ0v) is 20.0. The molecule has 1 unspecified atom stereocenters. The molecule has 0 amide bonds. The van der Waals surface area contributed by atoms with Gasteiger partial charge in [0.2, 0.25) is 5.82 Å². The van der Waals surface area contributed by atoms with Crippen molar-refractivity contribution in [3.63, 3.8) is 0 Å². The van der Waals surface area contributed by atoms with Crippen LogP contribution in [-0.4, -0.2) is 15.3 Å². The zero-order valence-electron chi connectivity index (χ0n) is 18.4. The highest BCUT2D eigenvalue weighted by Crippen LogP contribution is 2.39. The molecule has 0 saturated heterocycles. The first-order valence-corrected chi connectivity index (χ1v) is 11.4. The summed E-state index contributed by atoms with van der Waals surface area (Å²) in [5.74, 6) is 0.261. The second-order valence-corrected chi connectivity index (χ2v) is 8.86. The number of anilines is 1. The number of rotatable bonds is 4. The van der Waals surface area contributed by atoms with E-state index in [0.717, 1.165) is 28.1 Å². The van der Waals surface area contributed by atoms with Crippen LogP contribution in [-0.2, 0) is 0 Å². The van der Waals surface area contributed by atoms with Gasteiger partial charge in [0.05, 0.1) is 11.6 Å². The fourth-order valence-electron chi connectivity index (χ4n) is 4.01. The number of aromatic nitrogens is 2. The lowest BCUT2D eigenvalue weighted by molar-refractivity contribution is 0.404. The Hall–Kier alpha value is -3.55. The van der Waals surface area contributed by atoms with Crippen LogP contribution in [0.3, 0.4) is 0 Å². The molecule has 4 aromatic rings. The summed E-state index contributed by atoms with van der Waals surface area (Å²) in [4.78, 5) is 6.56. The van der Waals surface area contributed by atoms with E-state index in [1.165, 1.54) is 12.1 Å². The molecule has 170 valence electrons. The predicted octanol–water partition coefficient (Wildman–Crippen LogP) is 6.70. The molecule has 0 aliphatic carbocycles. The third-order valence-corrected chi connectivity index (χ3v) is 6.27. The van der Waals surface area contributed by atoms with Gasteiger partial charge >= 0.3 is 0 Å². The first kappa shape index (κ1) is 22.3. The van der Waals surface area contributed by atoms with Crippen molar-refractivity contribution in [2.45, 2.75) is 19.9 Å². The van der Waals surface area contributed by atoms with Gasteiger partial charge in [-0.05, 0) is 68.0 Å². The molecular weight excluding hydrogens is 471 g/mol. The van der Waals surface area contributed by atoms with Crippen molar-refractivity contribution in [3.8, 4) is 11.4 Å². The molecule has 0 spiro atoms. The van der Waals surface area contributed by atoms with Crippen LogP contribution in [0.1, 0.15) is 30.0 Å². The van der Waals surface area contributed by atoms with Crippen LogP contribution in [0.4, 0.5) is 10.1 Å². The fraction of sp³-hybridized carbons (Fsp3) is 0.115. The lowest BCUT2D eigenvalue weighted by Crippen LogP contribution is -2.46. The average Bonchev–Trinajstić information content (AvgIpc) is 3.30. The van der Waals surface area contributed by atoms with Gasteiger partial charge in [-0.1, -0.05) is 58.7 Å². The van der Waals surface area contributed by atoms with Crippen molar-refractivity contribution < 1.29 is 8.91 Å². The van der Waals surface area contributed by atoms with Gasteiger partial charge in [-0.2, -0.15) is 4.98 Å². The maximum Gasteiger partial charge on any atom is 0.258 e. The van der Waals surface area contributed by atoms with Gasteiger partial charge in [0.25, 0.3) is 5.89 Å². The smallest absolute Gasteiger partial charge is 0.258 e. The van der Waals surface area contributed by atoms with E-state index in [4.69, 9.17) is 28.3 Å². The normalized spacial score (nSPS) is 16.1. The van der Waals surface area contributed by atoms with E-state index in [-0.39, 0.29) is 11.9 Å². The molecule has 34 heavy (non-hydrogen) atoms. The average molecular weight is 491 g/mol. The summed E-state index contributed by atoms with van der Waals surface area (Å²) in [6.45, 7) is 4.00. The first-order valence-electron chi connectivity index (χ1n) is 10.6. The van der Waals surface area contributed by atoms with Crippen molar-refractivity contribution in [3.05, 3.63) is 106 Å². The minimum Gasteiger partial charge on any atom is -0.351 e. The van der Waals surface area contributed by atoms with Crippen LogP contribution >= 0.6 is 23.8 Å². The van der Waals surface area contributed by atoms with E-state index < -0.39 is 0 Å². The summed E-state index contributed by atoms with van der Waals surface area (Å²) < 4.78 is 19.5. The number of aryl methyl sites for hydroxylation is 1. The number of halogens is 2. The van der Waals surface area contributed by atoms with Crippen LogP contribution in [0.5, 0.6) is 0 Å². The largest absolute Gasteiger partial charge is 0.351 e. The minimum absolute atomic E-state index is 0.305. The quantitative estimate of drug-likeness (QED) is 0.321. The topological polar surface area (TPSA) is 54.2 Å². The van der Waals surface area contributed by atoms with Crippen molar-refractivity contribution in [1.29, 1.82) is 0 Å². The molecule has 1 aromatic heterocycles. The van der Waals surface area contributed by atoms with E-state index in [2.05, 4.69) is 15.5 Å². The van der Waals surface area contributed by atoms with Crippen molar-refractivity contribution in [2.75, 3.05) is 4.90 Å². The number of nitrogens with zero attached hydrogens (tertiary/aromatic N) is 3. The summed E-state index contributed by atoms with van der Waals surface area (Å²) >= 11 is 11.9. The molecule has 3 aromatic carbocycles. The highest BCUT2D eigenvalue weighted by molar-refractivity contribution is 7.80. The zero-order chi connectivity index (χ0) is 23.8. The standard InChI is InChI=1S/C26H20ClFN4OS/c1-15-6-12-21(13-7-15)32-16(2)22(23(29-26(32)34)17-8-10-19(27)11-9-17)25-30-24(31-33-25)18-4-3-5-20(28)14-18/h3-14,23H,1-2H3,(H,29,34). The Labute approximate surface area is 206 Å². The second kappa shape index (κ2) is 9.00. The van der Waals surface area contributed by atoms with Gasteiger partial charge in [0.1, 0.15) is 5.82 Å². The van der Waals surface area contributed by atoms with Gasteiger partial charge in [-0.25, -0.2) is 4.39 Å². The highest BCUT2D eigenvalue weighted by atomic mass is 35.5. The van der Waals surface area contributed by atoms with E-state index in [1.807, 2.05) is 67.3 Å². The summed E-state index contributed by atoms with van der Waals surface area (Å²) in [6, 6.07) is 21.4. The second-order valence-electron chi connectivity index (χ2n) is 8.04. The Bertz CT molecular complexity index is 1400. The van der Waals surface area contributed by atoms with E-state index in [1.54, 1.807) is 12.1 Å². The number of thiocarbonyl (C=S) groups is 1. The number of hydrogen-bond donors (Lipinski definition) is 1. The van der Waals surface area contributed by atoms with Gasteiger partial charge in [-0.3, -0.25) is 4.90 Å². The summed E-state index contributed by atoms with van der Waals surface area (Å²) in [5.41, 5.74) is 5.16. The molecule has 2 heterocycles. The fourth-order valence-corrected chi connectivity index (χ4v) is 4.49. The Kier molecular flexibility index (Phi) is 5.89. The Morgan fingerprint density at radius 1 is 1.03 bits per heavy atom. The molecule has 1 aliphatic rings. The van der Waals surface area contributed by atoms with Crippen molar-refractivity contribution in [2.24, 2.45) is 0 Å². The van der Waals surface area contributed by atoms with Crippen LogP contribution in [0.15, 0.2) is 83.0 Å².